The highest BCUT2D eigenvalue weighted by Crippen LogP contribution is 2.20. The van der Waals surface area contributed by atoms with Crippen LogP contribution in [0.4, 0.5) is 4.39 Å². The van der Waals surface area contributed by atoms with E-state index in [2.05, 4.69) is 27.8 Å². The van der Waals surface area contributed by atoms with Gasteiger partial charge in [-0.05, 0) is 26.1 Å². The Morgan fingerprint density at radius 2 is 2.18 bits per heavy atom. The number of ether oxygens (including phenoxy) is 1. The summed E-state index contributed by atoms with van der Waals surface area (Å²) in [6.45, 7) is 3.93. The van der Waals surface area contributed by atoms with E-state index in [1.54, 1.807) is 6.07 Å². The third-order valence-corrected chi connectivity index (χ3v) is 3.10. The smallest absolute Gasteiger partial charge is 0.128 e. The summed E-state index contributed by atoms with van der Waals surface area (Å²) in [5, 5.41) is 0. The molecule has 1 aromatic carbocycles. The molecule has 0 aliphatic rings. The van der Waals surface area contributed by atoms with E-state index in [1.807, 2.05) is 7.05 Å². The van der Waals surface area contributed by atoms with Gasteiger partial charge in [-0.25, -0.2) is 4.39 Å². The minimum Gasteiger partial charge on any atom is -0.492 e. The summed E-state index contributed by atoms with van der Waals surface area (Å²) in [6, 6.07) is 4.83. The third kappa shape index (κ3) is 5.02. The highest BCUT2D eigenvalue weighted by Gasteiger charge is 2.07. The van der Waals surface area contributed by atoms with Crippen molar-refractivity contribution >= 4 is 15.9 Å². The van der Waals surface area contributed by atoms with Crippen LogP contribution < -0.4 is 10.5 Å². The van der Waals surface area contributed by atoms with Gasteiger partial charge in [0.25, 0.3) is 0 Å². The van der Waals surface area contributed by atoms with Crippen molar-refractivity contribution in [3.8, 4) is 5.75 Å². The lowest BCUT2D eigenvalue weighted by atomic mass is 10.3. The molecule has 0 saturated heterocycles. The molecule has 0 bridgehead atoms. The molecule has 1 atom stereocenters. The summed E-state index contributed by atoms with van der Waals surface area (Å²) in [5.74, 6) is 0.226. The maximum Gasteiger partial charge on any atom is 0.128 e. The van der Waals surface area contributed by atoms with Crippen molar-refractivity contribution in [1.29, 1.82) is 0 Å². The monoisotopic (exact) mass is 304 g/mol. The number of nitrogens with zero attached hydrogens (tertiary/aromatic N) is 1. The van der Waals surface area contributed by atoms with Crippen molar-refractivity contribution in [3.05, 3.63) is 28.5 Å². The zero-order chi connectivity index (χ0) is 12.8. The molecule has 17 heavy (non-hydrogen) atoms. The van der Waals surface area contributed by atoms with Crippen LogP contribution in [0, 0.1) is 5.82 Å². The molecule has 2 N–H and O–H groups in total. The molecular weight excluding hydrogens is 287 g/mol. The van der Waals surface area contributed by atoms with Crippen LogP contribution in [0.25, 0.3) is 0 Å². The average molecular weight is 305 g/mol. The molecule has 0 amide bonds. The highest BCUT2D eigenvalue weighted by atomic mass is 79.9. The van der Waals surface area contributed by atoms with Gasteiger partial charge in [-0.1, -0.05) is 15.9 Å². The number of benzene rings is 1. The number of halogens is 2. The van der Waals surface area contributed by atoms with Gasteiger partial charge in [0.15, 0.2) is 0 Å². The van der Waals surface area contributed by atoms with E-state index in [1.165, 1.54) is 12.1 Å². The van der Waals surface area contributed by atoms with E-state index in [4.69, 9.17) is 10.5 Å². The van der Waals surface area contributed by atoms with Crippen LogP contribution in [0.1, 0.15) is 6.92 Å². The molecule has 0 aliphatic heterocycles. The fourth-order valence-corrected chi connectivity index (χ4v) is 1.76. The molecule has 0 aromatic heterocycles. The van der Waals surface area contributed by atoms with Gasteiger partial charge in [0, 0.05) is 29.7 Å². The van der Waals surface area contributed by atoms with Crippen molar-refractivity contribution < 1.29 is 9.13 Å². The summed E-state index contributed by atoms with van der Waals surface area (Å²) in [7, 11) is 1.99. The topological polar surface area (TPSA) is 38.5 Å². The Hall–Kier alpha value is -0.650. The lowest BCUT2D eigenvalue weighted by Crippen LogP contribution is -2.37. The minimum absolute atomic E-state index is 0.307. The van der Waals surface area contributed by atoms with Crippen molar-refractivity contribution in [2.45, 2.75) is 13.0 Å². The maximum atomic E-state index is 13.1. The molecule has 0 fully saturated rings. The Balaban J connectivity index is 2.40. The predicted octanol–water partition coefficient (Wildman–Crippen LogP) is 2.25. The molecule has 0 spiro atoms. The Bertz CT molecular complexity index is 342. The van der Waals surface area contributed by atoms with Crippen LogP contribution in [0.15, 0.2) is 22.7 Å². The van der Waals surface area contributed by atoms with Gasteiger partial charge in [0.2, 0.25) is 0 Å². The molecule has 1 aromatic rings. The van der Waals surface area contributed by atoms with Gasteiger partial charge in [-0.2, -0.15) is 0 Å². The Morgan fingerprint density at radius 1 is 1.47 bits per heavy atom. The van der Waals surface area contributed by atoms with Gasteiger partial charge in [0.1, 0.15) is 18.2 Å². The first kappa shape index (κ1) is 14.4. The fourth-order valence-electron chi connectivity index (χ4n) is 1.32. The molecule has 5 heteroatoms. The van der Waals surface area contributed by atoms with Crippen LogP contribution in [-0.4, -0.2) is 37.7 Å². The number of hydrogen-bond donors (Lipinski definition) is 1. The quantitative estimate of drug-likeness (QED) is 0.876. The van der Waals surface area contributed by atoms with E-state index in [9.17, 15) is 4.39 Å². The van der Waals surface area contributed by atoms with E-state index in [0.717, 1.165) is 6.54 Å². The normalized spacial score (nSPS) is 12.8. The van der Waals surface area contributed by atoms with E-state index < -0.39 is 0 Å². The summed E-state index contributed by atoms with van der Waals surface area (Å²) < 4.78 is 19.2. The lowest BCUT2D eigenvalue weighted by Gasteiger charge is -2.23. The first-order valence-electron chi connectivity index (χ1n) is 5.52. The average Bonchev–Trinajstić information content (AvgIpc) is 2.26. The highest BCUT2D eigenvalue weighted by molar-refractivity contribution is 9.10. The van der Waals surface area contributed by atoms with Crippen molar-refractivity contribution in [2.75, 3.05) is 26.7 Å². The SMILES string of the molecule is CC(CN)N(C)CCOc1cc(F)cc(Br)c1. The minimum atomic E-state index is -0.307. The molecule has 0 radical (unpaired) electrons. The summed E-state index contributed by atoms with van der Waals surface area (Å²) in [5.41, 5.74) is 5.56. The van der Waals surface area contributed by atoms with Crippen LogP contribution in [0.3, 0.4) is 0 Å². The second-order valence-electron chi connectivity index (χ2n) is 4.02. The summed E-state index contributed by atoms with van der Waals surface area (Å²) >= 11 is 3.22. The van der Waals surface area contributed by atoms with Crippen LogP contribution in [0.5, 0.6) is 5.75 Å². The second-order valence-corrected chi connectivity index (χ2v) is 4.93. The second kappa shape index (κ2) is 6.93. The standard InChI is InChI=1S/C12H18BrFN2O/c1-9(8-15)16(2)3-4-17-12-6-10(13)5-11(14)7-12/h5-7,9H,3-4,8,15H2,1-2H3. The van der Waals surface area contributed by atoms with Crippen molar-refractivity contribution in [1.82, 2.24) is 4.90 Å². The molecular formula is C12H18BrFN2O. The predicted molar refractivity (Wildman–Crippen MR) is 70.7 cm³/mol. The lowest BCUT2D eigenvalue weighted by molar-refractivity contribution is 0.202. The molecule has 96 valence electrons. The Labute approximate surface area is 110 Å². The van der Waals surface area contributed by atoms with Gasteiger partial charge >= 0.3 is 0 Å². The zero-order valence-electron chi connectivity index (χ0n) is 10.1. The van der Waals surface area contributed by atoms with Crippen molar-refractivity contribution in [2.24, 2.45) is 5.73 Å². The number of nitrogens with two attached hydrogens (primary N) is 1. The number of likely N-dealkylation sites (N-methyl/N-ethyl adjacent to an activating group) is 1. The van der Waals surface area contributed by atoms with Crippen LogP contribution in [0.2, 0.25) is 0 Å². The van der Waals surface area contributed by atoms with Gasteiger partial charge < -0.3 is 10.5 Å². The first-order valence-corrected chi connectivity index (χ1v) is 6.31. The van der Waals surface area contributed by atoms with Gasteiger partial charge in [0.05, 0.1) is 0 Å². The summed E-state index contributed by atoms with van der Waals surface area (Å²) in [6.07, 6.45) is 0. The maximum absolute atomic E-state index is 13.1. The Morgan fingerprint density at radius 3 is 2.76 bits per heavy atom. The molecule has 0 heterocycles. The van der Waals surface area contributed by atoms with Gasteiger partial charge in [-0.3, -0.25) is 4.90 Å². The molecule has 0 aliphatic carbocycles. The van der Waals surface area contributed by atoms with Gasteiger partial charge in [-0.15, -0.1) is 0 Å². The molecule has 1 rings (SSSR count). The molecule has 3 nitrogen and oxygen atoms in total. The largest absolute Gasteiger partial charge is 0.492 e. The van der Waals surface area contributed by atoms with E-state index in [-0.39, 0.29) is 5.82 Å². The molecule has 1 unspecified atom stereocenters. The van der Waals surface area contributed by atoms with Crippen LogP contribution in [-0.2, 0) is 0 Å². The van der Waals surface area contributed by atoms with Crippen molar-refractivity contribution in [3.63, 3.8) is 0 Å². The number of rotatable bonds is 6. The third-order valence-electron chi connectivity index (χ3n) is 2.64. The number of hydrogen-bond acceptors (Lipinski definition) is 3. The zero-order valence-corrected chi connectivity index (χ0v) is 11.7. The molecule has 0 saturated carbocycles. The van der Waals surface area contributed by atoms with Crippen LogP contribution >= 0.6 is 15.9 Å². The fraction of sp³-hybridized carbons (Fsp3) is 0.500. The summed E-state index contributed by atoms with van der Waals surface area (Å²) in [4.78, 5) is 2.11. The van der Waals surface area contributed by atoms with E-state index >= 15 is 0 Å². The van der Waals surface area contributed by atoms with E-state index in [0.29, 0.717) is 29.4 Å². The first-order chi connectivity index (χ1) is 8.02. The Kier molecular flexibility index (Phi) is 5.88.